The maximum absolute atomic E-state index is 13.0. The molecule has 1 aliphatic carbocycles. The second kappa shape index (κ2) is 10.1. The molecule has 154 valence electrons. The molecular formula is C18H26ClFN6S2. The quantitative estimate of drug-likeness (QED) is 0.382. The lowest BCUT2D eigenvalue weighted by molar-refractivity contribution is 0.0881. The molecule has 6 nitrogen and oxygen atoms in total. The molecule has 2 aromatic rings. The molecule has 1 saturated carbocycles. The Bertz CT molecular complexity index is 770. The van der Waals surface area contributed by atoms with Crippen molar-refractivity contribution in [2.45, 2.75) is 37.0 Å². The zero-order valence-corrected chi connectivity index (χ0v) is 18.0. The maximum Gasteiger partial charge on any atom is 0.198 e. The average molecular weight is 445 g/mol. The summed E-state index contributed by atoms with van der Waals surface area (Å²) in [5.41, 5.74) is 12.2. The molecule has 0 aliphatic heterocycles. The van der Waals surface area contributed by atoms with E-state index in [4.69, 9.17) is 23.1 Å². The second-order valence-corrected chi connectivity index (χ2v) is 9.52. The molecule has 1 unspecified atom stereocenters. The van der Waals surface area contributed by atoms with Gasteiger partial charge < -0.3 is 21.5 Å². The normalized spacial score (nSPS) is 16.4. The molecule has 0 radical (unpaired) electrons. The number of anilines is 2. The number of hydrogen-bond acceptors (Lipinski definition) is 8. The fourth-order valence-corrected chi connectivity index (χ4v) is 5.17. The van der Waals surface area contributed by atoms with E-state index in [0.717, 1.165) is 42.2 Å². The minimum atomic E-state index is -0.330. The first kappa shape index (κ1) is 21.6. The van der Waals surface area contributed by atoms with Gasteiger partial charge in [-0.3, -0.25) is 0 Å². The third-order valence-corrected chi connectivity index (χ3v) is 7.12. The Hall–Kier alpha value is -1.13. The van der Waals surface area contributed by atoms with Crippen LogP contribution in [0.4, 0.5) is 15.3 Å². The van der Waals surface area contributed by atoms with Crippen LogP contribution in [0.1, 0.15) is 32.1 Å². The smallest absolute Gasteiger partial charge is 0.198 e. The molecule has 6 N–H and O–H groups in total. The van der Waals surface area contributed by atoms with Crippen molar-refractivity contribution in [1.82, 2.24) is 9.97 Å². The summed E-state index contributed by atoms with van der Waals surface area (Å²) in [6.07, 6.45) is 8.86. The summed E-state index contributed by atoms with van der Waals surface area (Å²) in [5, 5.41) is 4.04. The van der Waals surface area contributed by atoms with Gasteiger partial charge >= 0.3 is 0 Å². The van der Waals surface area contributed by atoms with Gasteiger partial charge in [0.2, 0.25) is 0 Å². The van der Waals surface area contributed by atoms with Gasteiger partial charge in [-0.2, -0.15) is 4.39 Å². The van der Waals surface area contributed by atoms with Crippen LogP contribution in [0, 0.1) is 16.5 Å². The number of nitrogens with zero attached hydrogens (tertiary/aromatic N) is 2. The summed E-state index contributed by atoms with van der Waals surface area (Å²) in [6.45, 7) is 2.09. The number of rotatable bonds is 11. The Morgan fingerprint density at radius 3 is 2.71 bits per heavy atom. The van der Waals surface area contributed by atoms with Gasteiger partial charge in [-0.1, -0.05) is 29.4 Å². The van der Waals surface area contributed by atoms with Crippen LogP contribution < -0.4 is 21.5 Å². The molecule has 3 rings (SSSR count). The van der Waals surface area contributed by atoms with Crippen molar-refractivity contribution < 1.29 is 4.39 Å². The summed E-state index contributed by atoms with van der Waals surface area (Å²) in [5.74, 6) is 1.01. The molecule has 0 amide bonds. The lowest BCUT2D eigenvalue weighted by atomic mass is 9.62. The van der Waals surface area contributed by atoms with E-state index in [-0.39, 0.29) is 5.13 Å². The summed E-state index contributed by atoms with van der Waals surface area (Å²) < 4.78 is 15.9. The van der Waals surface area contributed by atoms with Gasteiger partial charge in [-0.15, -0.1) is 0 Å². The highest BCUT2D eigenvalue weighted by molar-refractivity contribution is 8.00. The fraction of sp³-hybridized carbons (Fsp3) is 0.556. The molecule has 1 aliphatic rings. The topological polar surface area (TPSA) is 102 Å². The first-order valence-corrected chi connectivity index (χ1v) is 11.4. The van der Waals surface area contributed by atoms with Crippen LogP contribution in [0.15, 0.2) is 23.4 Å². The number of pyridine rings is 1. The van der Waals surface area contributed by atoms with Crippen molar-refractivity contribution >= 4 is 45.8 Å². The fourth-order valence-electron chi connectivity index (χ4n) is 3.64. The maximum atomic E-state index is 13.0. The highest BCUT2D eigenvalue weighted by Crippen LogP contribution is 2.48. The minimum Gasteiger partial charge on any atom is -0.369 e. The second-order valence-electron chi connectivity index (χ2n) is 7.25. The predicted octanol–water partition coefficient (Wildman–Crippen LogP) is 4.35. The Labute approximate surface area is 178 Å². The summed E-state index contributed by atoms with van der Waals surface area (Å²) in [7, 11) is 0. The Morgan fingerprint density at radius 1 is 1.32 bits per heavy atom. The molecule has 2 heterocycles. The first-order valence-electron chi connectivity index (χ1n) is 9.37. The van der Waals surface area contributed by atoms with E-state index in [1.165, 1.54) is 37.4 Å². The highest BCUT2D eigenvalue weighted by Gasteiger charge is 2.37. The SMILES string of the molecule is NCCC1(CC(CN)CNc2ncc(SNc3ncc(F)s3)cc2Cl)CCC1. The van der Waals surface area contributed by atoms with Crippen molar-refractivity contribution in [2.75, 3.05) is 29.7 Å². The van der Waals surface area contributed by atoms with Crippen LogP contribution >= 0.6 is 34.9 Å². The average Bonchev–Trinajstić information content (AvgIpc) is 3.07. The number of nitrogens with two attached hydrogens (primary N) is 2. The number of aromatic nitrogens is 2. The molecule has 0 saturated heterocycles. The summed E-state index contributed by atoms with van der Waals surface area (Å²) >= 11 is 8.61. The van der Waals surface area contributed by atoms with Gasteiger partial charge in [-0.05, 0) is 68.1 Å². The van der Waals surface area contributed by atoms with Crippen molar-refractivity contribution in [2.24, 2.45) is 22.8 Å². The van der Waals surface area contributed by atoms with E-state index < -0.39 is 0 Å². The molecule has 0 bridgehead atoms. The van der Waals surface area contributed by atoms with E-state index in [1.807, 2.05) is 6.07 Å². The van der Waals surface area contributed by atoms with Gasteiger partial charge in [0.25, 0.3) is 0 Å². The van der Waals surface area contributed by atoms with E-state index in [9.17, 15) is 4.39 Å². The molecule has 1 fully saturated rings. The van der Waals surface area contributed by atoms with Crippen molar-refractivity contribution in [1.29, 1.82) is 0 Å². The largest absolute Gasteiger partial charge is 0.369 e. The van der Waals surface area contributed by atoms with E-state index in [1.54, 1.807) is 6.20 Å². The van der Waals surface area contributed by atoms with Crippen molar-refractivity contribution in [3.05, 3.63) is 28.6 Å². The lowest BCUT2D eigenvalue weighted by Crippen LogP contribution is -2.37. The molecular weight excluding hydrogens is 419 g/mol. The minimum absolute atomic E-state index is 0.330. The Balaban J connectivity index is 1.52. The van der Waals surface area contributed by atoms with Gasteiger partial charge in [0.15, 0.2) is 10.3 Å². The third kappa shape index (κ3) is 5.70. The van der Waals surface area contributed by atoms with Crippen LogP contribution in [-0.2, 0) is 0 Å². The molecule has 28 heavy (non-hydrogen) atoms. The van der Waals surface area contributed by atoms with Gasteiger partial charge in [0, 0.05) is 17.6 Å². The van der Waals surface area contributed by atoms with Crippen LogP contribution in [0.5, 0.6) is 0 Å². The van der Waals surface area contributed by atoms with Crippen molar-refractivity contribution in [3.63, 3.8) is 0 Å². The molecule has 1 atom stereocenters. The Kier molecular flexibility index (Phi) is 7.76. The Morgan fingerprint density at radius 2 is 2.14 bits per heavy atom. The molecule has 0 spiro atoms. The number of nitrogens with one attached hydrogen (secondary N) is 2. The molecule has 2 aromatic heterocycles. The standard InChI is InChI=1S/C18H26ClFN6S2/c19-14-6-13(28-26-17-25-11-15(20)27-17)10-24-16(14)23-9-12(8-22)7-18(4-5-21)2-1-3-18/h6,10-12H,1-5,7-9,21-22H2,(H,23,24)(H,25,26). The number of thiazole rings is 1. The monoisotopic (exact) mass is 444 g/mol. The molecule has 0 aromatic carbocycles. The van der Waals surface area contributed by atoms with Crippen LogP contribution in [0.3, 0.4) is 0 Å². The highest BCUT2D eigenvalue weighted by atomic mass is 35.5. The summed E-state index contributed by atoms with van der Waals surface area (Å²) in [6, 6.07) is 1.82. The molecule has 10 heteroatoms. The van der Waals surface area contributed by atoms with E-state index in [0.29, 0.717) is 33.8 Å². The zero-order chi connectivity index (χ0) is 20.0. The predicted molar refractivity (Wildman–Crippen MR) is 116 cm³/mol. The van der Waals surface area contributed by atoms with Gasteiger partial charge in [-0.25, -0.2) is 9.97 Å². The van der Waals surface area contributed by atoms with Crippen LogP contribution in [0.25, 0.3) is 0 Å². The number of halogens is 2. The first-order chi connectivity index (χ1) is 13.5. The van der Waals surface area contributed by atoms with Gasteiger partial charge in [0.1, 0.15) is 5.82 Å². The zero-order valence-electron chi connectivity index (χ0n) is 15.6. The van der Waals surface area contributed by atoms with Crippen molar-refractivity contribution in [3.8, 4) is 0 Å². The summed E-state index contributed by atoms with van der Waals surface area (Å²) in [4.78, 5) is 9.14. The van der Waals surface area contributed by atoms with Gasteiger partial charge in [0.05, 0.1) is 11.2 Å². The van der Waals surface area contributed by atoms with E-state index in [2.05, 4.69) is 20.0 Å². The number of hydrogen-bond donors (Lipinski definition) is 4. The van der Waals surface area contributed by atoms with Crippen LogP contribution in [-0.4, -0.2) is 29.6 Å². The van der Waals surface area contributed by atoms with E-state index >= 15 is 0 Å². The third-order valence-electron chi connectivity index (χ3n) is 5.25. The lowest BCUT2D eigenvalue weighted by Gasteiger charge is -2.44. The van der Waals surface area contributed by atoms with Crippen LogP contribution in [0.2, 0.25) is 5.02 Å².